The van der Waals surface area contributed by atoms with Gasteiger partial charge in [-0.25, -0.2) is 0 Å². The van der Waals surface area contributed by atoms with Gasteiger partial charge in [0, 0.05) is 55.3 Å². The molecule has 2 aliphatic heterocycles. The average molecular weight is 393 g/mol. The Morgan fingerprint density at radius 3 is 2.45 bits per heavy atom. The first-order valence-electron chi connectivity index (χ1n) is 11.1. The van der Waals surface area contributed by atoms with Crippen molar-refractivity contribution in [3.8, 4) is 0 Å². The Morgan fingerprint density at radius 1 is 1.07 bits per heavy atom. The number of carbonyl (C=O) groups excluding carboxylic acids is 2. The van der Waals surface area contributed by atoms with E-state index in [0.29, 0.717) is 24.4 Å². The summed E-state index contributed by atoms with van der Waals surface area (Å²) in [7, 11) is 1.89. The maximum Gasteiger partial charge on any atom is 0.254 e. The Morgan fingerprint density at radius 2 is 1.83 bits per heavy atom. The lowest BCUT2D eigenvalue weighted by Gasteiger charge is -2.57. The Balaban J connectivity index is 1.19. The molecule has 3 atom stereocenters. The fraction of sp³-hybridized carbons (Fsp3) is 0.609. The van der Waals surface area contributed by atoms with Crippen LogP contribution < -0.4 is 0 Å². The van der Waals surface area contributed by atoms with Crippen molar-refractivity contribution in [1.82, 2.24) is 19.6 Å². The normalized spacial score (nSPS) is 29.8. The number of nitrogens with zero attached hydrogens (tertiary/aromatic N) is 4. The minimum absolute atomic E-state index is 0.0823. The molecule has 0 N–H and O–H groups in total. The van der Waals surface area contributed by atoms with Gasteiger partial charge in [-0.05, 0) is 62.1 Å². The molecule has 0 radical (unpaired) electrons. The van der Waals surface area contributed by atoms with Crippen LogP contribution in [-0.4, -0.2) is 56.6 Å². The molecule has 2 aliphatic carbocycles. The smallest absolute Gasteiger partial charge is 0.254 e. The maximum absolute atomic E-state index is 13.4. The van der Waals surface area contributed by atoms with Crippen LogP contribution in [0.1, 0.15) is 55.3 Å². The predicted molar refractivity (Wildman–Crippen MR) is 109 cm³/mol. The van der Waals surface area contributed by atoms with Crippen molar-refractivity contribution in [2.45, 2.75) is 57.0 Å². The summed E-state index contributed by atoms with van der Waals surface area (Å²) in [6.45, 7) is 1.34. The molecule has 2 amide bonds. The number of piperazine rings is 1. The Kier molecular flexibility index (Phi) is 3.66. The highest BCUT2D eigenvalue weighted by Crippen LogP contribution is 2.60. The summed E-state index contributed by atoms with van der Waals surface area (Å²) in [5.41, 5.74) is 1.98. The lowest BCUT2D eigenvalue weighted by Crippen LogP contribution is -2.62. The summed E-state index contributed by atoms with van der Waals surface area (Å²) in [6.07, 6.45) is 10.1. The van der Waals surface area contributed by atoms with Crippen LogP contribution in [0.2, 0.25) is 0 Å². The highest BCUT2D eigenvalue weighted by Gasteiger charge is 2.57. The quantitative estimate of drug-likeness (QED) is 0.790. The molecule has 4 aliphatic rings. The first-order chi connectivity index (χ1) is 14.0. The lowest BCUT2D eigenvalue weighted by molar-refractivity contribution is -0.160. The number of aromatic nitrogens is 2. The van der Waals surface area contributed by atoms with E-state index in [2.05, 4.69) is 10.00 Å². The van der Waals surface area contributed by atoms with Gasteiger partial charge >= 0.3 is 0 Å². The van der Waals surface area contributed by atoms with Crippen molar-refractivity contribution < 1.29 is 9.59 Å². The second-order valence-corrected chi connectivity index (χ2v) is 9.72. The second-order valence-electron chi connectivity index (χ2n) is 9.72. The molecule has 1 unspecified atom stereocenters. The van der Waals surface area contributed by atoms with Crippen LogP contribution in [0.15, 0.2) is 24.4 Å². The molecule has 6 nitrogen and oxygen atoms in total. The molecule has 2 saturated heterocycles. The SMILES string of the molecule is Cn1cc2cc(C(=O)N3C[C@H]4CC[C@@H](C3)N4C(=O)C3CCC34CCC4)ccc2n1. The van der Waals surface area contributed by atoms with Crippen LogP contribution >= 0.6 is 0 Å². The molecule has 4 fully saturated rings. The molecule has 152 valence electrons. The van der Waals surface area contributed by atoms with Crippen LogP contribution in [0.5, 0.6) is 0 Å². The number of hydrogen-bond acceptors (Lipinski definition) is 3. The van der Waals surface area contributed by atoms with E-state index in [4.69, 9.17) is 0 Å². The molecule has 1 aromatic heterocycles. The van der Waals surface area contributed by atoms with Crippen molar-refractivity contribution in [3.63, 3.8) is 0 Å². The Bertz CT molecular complexity index is 988. The Labute approximate surface area is 170 Å². The topological polar surface area (TPSA) is 58.4 Å². The summed E-state index contributed by atoms with van der Waals surface area (Å²) in [5.74, 6) is 0.737. The predicted octanol–water partition coefficient (Wildman–Crippen LogP) is 2.97. The second kappa shape index (κ2) is 6.07. The van der Waals surface area contributed by atoms with Gasteiger partial charge in [-0.1, -0.05) is 6.42 Å². The van der Waals surface area contributed by atoms with Crippen molar-refractivity contribution in [2.24, 2.45) is 18.4 Å². The third kappa shape index (κ3) is 2.50. The van der Waals surface area contributed by atoms with E-state index in [1.165, 1.54) is 25.7 Å². The number of amides is 2. The van der Waals surface area contributed by atoms with Gasteiger partial charge < -0.3 is 9.80 Å². The summed E-state index contributed by atoms with van der Waals surface area (Å²) < 4.78 is 1.78. The van der Waals surface area contributed by atoms with Gasteiger partial charge in [0.15, 0.2) is 0 Å². The van der Waals surface area contributed by atoms with Crippen molar-refractivity contribution in [3.05, 3.63) is 30.0 Å². The van der Waals surface area contributed by atoms with Crippen LogP contribution in [0.3, 0.4) is 0 Å². The monoisotopic (exact) mass is 392 g/mol. The molecule has 2 bridgehead atoms. The molecular formula is C23H28N4O2. The molecular weight excluding hydrogens is 364 g/mol. The Hall–Kier alpha value is -2.37. The molecule has 1 spiro atoms. The average Bonchev–Trinajstić information content (AvgIpc) is 3.13. The summed E-state index contributed by atoms with van der Waals surface area (Å²) in [6, 6.07) is 6.14. The summed E-state index contributed by atoms with van der Waals surface area (Å²) in [4.78, 5) is 30.7. The van der Waals surface area contributed by atoms with E-state index in [1.807, 2.05) is 36.3 Å². The summed E-state index contributed by atoms with van der Waals surface area (Å²) in [5, 5.41) is 5.38. The van der Waals surface area contributed by atoms with E-state index in [0.717, 1.165) is 35.7 Å². The standard InChI is InChI=1S/C23H28N4O2/c1-25-12-16-11-15(3-6-20(16)24-25)21(28)26-13-17-4-5-18(14-26)27(17)22(29)19-7-10-23(19)8-2-9-23/h3,6,11-12,17-19H,2,4-5,7-10,13-14H2,1H3/t17-,18+,19?. The first kappa shape index (κ1) is 17.5. The van der Waals surface area contributed by atoms with Crippen LogP contribution in [0.25, 0.3) is 10.9 Å². The van der Waals surface area contributed by atoms with Gasteiger partial charge in [-0.3, -0.25) is 14.3 Å². The fourth-order valence-electron chi connectivity index (χ4n) is 6.38. The minimum Gasteiger partial charge on any atom is -0.335 e. The zero-order valence-corrected chi connectivity index (χ0v) is 17.0. The fourth-order valence-corrected chi connectivity index (χ4v) is 6.38. The number of likely N-dealkylation sites (tertiary alicyclic amines) is 1. The van der Waals surface area contributed by atoms with E-state index in [9.17, 15) is 9.59 Å². The van der Waals surface area contributed by atoms with Crippen molar-refractivity contribution >= 4 is 22.7 Å². The number of rotatable bonds is 2. The van der Waals surface area contributed by atoms with E-state index < -0.39 is 0 Å². The summed E-state index contributed by atoms with van der Waals surface area (Å²) >= 11 is 0. The first-order valence-corrected chi connectivity index (χ1v) is 11.1. The number of benzene rings is 1. The van der Waals surface area contributed by atoms with Gasteiger partial charge in [-0.2, -0.15) is 5.10 Å². The molecule has 6 heteroatoms. The largest absolute Gasteiger partial charge is 0.335 e. The maximum atomic E-state index is 13.4. The molecule has 29 heavy (non-hydrogen) atoms. The third-order valence-electron chi connectivity index (χ3n) is 8.21. The van der Waals surface area contributed by atoms with Gasteiger partial charge in [0.25, 0.3) is 5.91 Å². The van der Waals surface area contributed by atoms with E-state index >= 15 is 0 Å². The van der Waals surface area contributed by atoms with E-state index in [1.54, 1.807) is 4.68 Å². The van der Waals surface area contributed by atoms with Gasteiger partial charge in [0.05, 0.1) is 5.52 Å². The molecule has 2 saturated carbocycles. The van der Waals surface area contributed by atoms with Crippen LogP contribution in [-0.2, 0) is 11.8 Å². The minimum atomic E-state index is 0.0823. The van der Waals surface area contributed by atoms with Crippen molar-refractivity contribution in [2.75, 3.05) is 13.1 Å². The number of hydrogen-bond donors (Lipinski definition) is 0. The highest BCUT2D eigenvalue weighted by molar-refractivity contribution is 5.98. The van der Waals surface area contributed by atoms with E-state index in [-0.39, 0.29) is 23.9 Å². The number of carbonyl (C=O) groups is 2. The van der Waals surface area contributed by atoms with Crippen molar-refractivity contribution in [1.29, 1.82) is 0 Å². The van der Waals surface area contributed by atoms with Gasteiger partial charge in [0.1, 0.15) is 0 Å². The zero-order valence-electron chi connectivity index (χ0n) is 17.0. The van der Waals surface area contributed by atoms with Crippen LogP contribution in [0.4, 0.5) is 0 Å². The third-order valence-corrected chi connectivity index (χ3v) is 8.21. The molecule has 1 aromatic carbocycles. The molecule has 6 rings (SSSR count). The number of aryl methyl sites for hydroxylation is 1. The lowest BCUT2D eigenvalue weighted by atomic mass is 9.49. The van der Waals surface area contributed by atoms with Gasteiger partial charge in [0.2, 0.25) is 5.91 Å². The number of fused-ring (bicyclic) bond motifs is 3. The van der Waals surface area contributed by atoms with Gasteiger partial charge in [-0.15, -0.1) is 0 Å². The molecule has 2 aromatic rings. The van der Waals surface area contributed by atoms with Crippen LogP contribution in [0, 0.1) is 11.3 Å². The zero-order chi connectivity index (χ0) is 19.8. The highest BCUT2D eigenvalue weighted by atomic mass is 16.2. The molecule has 3 heterocycles.